The summed E-state index contributed by atoms with van der Waals surface area (Å²) < 4.78 is 5.73. The maximum Gasteiger partial charge on any atom is 0.330 e. The van der Waals surface area contributed by atoms with Crippen LogP contribution in [-0.2, 0) is 14.0 Å². The molecule has 0 aromatic rings. The number of carboxylic acids is 1. The van der Waals surface area contributed by atoms with E-state index in [1.807, 2.05) is 0 Å². The number of carbonyl (C=O) groups is 2. The van der Waals surface area contributed by atoms with Crippen LogP contribution in [0.2, 0.25) is 18.6 Å². The van der Waals surface area contributed by atoms with Gasteiger partial charge < -0.3 is 9.53 Å². The third-order valence-corrected chi connectivity index (χ3v) is 6.93. The lowest BCUT2D eigenvalue weighted by molar-refractivity contribution is -0.134. The van der Waals surface area contributed by atoms with E-state index in [0.29, 0.717) is 0 Å². The van der Waals surface area contributed by atoms with Gasteiger partial charge in [0.1, 0.15) is 0 Å². The Balaban J connectivity index is 4.52. The van der Waals surface area contributed by atoms with E-state index in [2.05, 4.69) is 20.4 Å². The van der Waals surface area contributed by atoms with Crippen LogP contribution >= 0.6 is 0 Å². The molecule has 0 aliphatic carbocycles. The Morgan fingerprint density at radius 2 is 1.65 bits per heavy atom. The molecule has 0 aliphatic heterocycles. The standard InChI is InChI=1S/C15H28O4Si/c1-5-7-11-20(4,12-8-6-2)19-14(16)10-9-13(3)15(17)18/h9H,5-8,10-12H2,1-4H3,(H,17,18). The van der Waals surface area contributed by atoms with Gasteiger partial charge in [0.25, 0.3) is 14.3 Å². The first-order valence-electron chi connectivity index (χ1n) is 7.46. The van der Waals surface area contributed by atoms with E-state index >= 15 is 0 Å². The van der Waals surface area contributed by atoms with E-state index in [1.54, 1.807) is 0 Å². The number of carboxylic acid groups (broad SMARTS) is 1. The fraction of sp³-hybridized carbons (Fsp3) is 0.733. The molecule has 0 spiro atoms. The zero-order chi connectivity index (χ0) is 15.6. The number of hydrogen-bond donors (Lipinski definition) is 1. The molecule has 0 saturated carbocycles. The Morgan fingerprint density at radius 3 is 2.05 bits per heavy atom. The molecule has 0 unspecified atom stereocenters. The van der Waals surface area contributed by atoms with E-state index in [1.165, 1.54) is 13.0 Å². The van der Waals surface area contributed by atoms with E-state index in [4.69, 9.17) is 9.53 Å². The van der Waals surface area contributed by atoms with Gasteiger partial charge in [0, 0.05) is 5.57 Å². The Kier molecular flexibility index (Phi) is 9.21. The second-order valence-corrected chi connectivity index (χ2v) is 9.63. The van der Waals surface area contributed by atoms with E-state index in [0.717, 1.165) is 37.8 Å². The topological polar surface area (TPSA) is 63.6 Å². The Bertz CT molecular complexity index is 342. The molecular weight excluding hydrogens is 272 g/mol. The van der Waals surface area contributed by atoms with Crippen molar-refractivity contribution < 1.29 is 19.1 Å². The number of hydrogen-bond acceptors (Lipinski definition) is 3. The van der Waals surface area contributed by atoms with Crippen molar-refractivity contribution in [2.45, 2.75) is 71.5 Å². The number of rotatable bonds is 10. The first-order valence-corrected chi connectivity index (χ1v) is 10.3. The van der Waals surface area contributed by atoms with Crippen LogP contribution in [0.4, 0.5) is 0 Å². The smallest absolute Gasteiger partial charge is 0.330 e. The first kappa shape index (κ1) is 18.9. The van der Waals surface area contributed by atoms with Crippen LogP contribution in [0.15, 0.2) is 11.6 Å². The summed E-state index contributed by atoms with van der Waals surface area (Å²) in [4.78, 5) is 22.6. The molecule has 0 heterocycles. The van der Waals surface area contributed by atoms with E-state index in [9.17, 15) is 9.59 Å². The fourth-order valence-corrected chi connectivity index (χ4v) is 5.26. The highest BCUT2D eigenvalue weighted by Gasteiger charge is 2.31. The van der Waals surface area contributed by atoms with Gasteiger partial charge in [-0.25, -0.2) is 4.79 Å². The zero-order valence-corrected chi connectivity index (χ0v) is 14.2. The lowest BCUT2D eigenvalue weighted by atomic mass is 10.2. The fourth-order valence-electron chi connectivity index (χ4n) is 1.97. The Morgan fingerprint density at radius 1 is 1.15 bits per heavy atom. The van der Waals surface area contributed by atoms with Gasteiger partial charge in [0.05, 0.1) is 6.42 Å². The highest BCUT2D eigenvalue weighted by molar-refractivity contribution is 6.73. The summed E-state index contributed by atoms with van der Waals surface area (Å²) in [6.45, 7) is 7.87. The molecule has 0 aliphatic rings. The third-order valence-electron chi connectivity index (χ3n) is 3.39. The van der Waals surface area contributed by atoms with Crippen molar-refractivity contribution in [2.24, 2.45) is 0 Å². The summed E-state index contributed by atoms with van der Waals surface area (Å²) in [5, 5.41) is 8.75. The summed E-state index contributed by atoms with van der Waals surface area (Å²) >= 11 is 0. The lowest BCUT2D eigenvalue weighted by Gasteiger charge is -2.27. The highest BCUT2D eigenvalue weighted by Crippen LogP contribution is 2.23. The number of unbranched alkanes of at least 4 members (excludes halogenated alkanes) is 2. The third kappa shape index (κ3) is 8.14. The molecule has 0 aromatic heterocycles. The van der Waals surface area contributed by atoms with E-state index in [-0.39, 0.29) is 18.0 Å². The number of aliphatic carboxylic acids is 1. The van der Waals surface area contributed by atoms with Crippen molar-refractivity contribution >= 4 is 20.3 Å². The summed E-state index contributed by atoms with van der Waals surface area (Å²) in [5.74, 6) is -1.28. The molecule has 0 amide bonds. The predicted octanol–water partition coefficient (Wildman–Crippen LogP) is 4.13. The second kappa shape index (κ2) is 9.75. The predicted molar refractivity (Wildman–Crippen MR) is 83.1 cm³/mol. The number of carbonyl (C=O) groups excluding carboxylic acids is 1. The molecule has 0 bridgehead atoms. The van der Waals surface area contributed by atoms with Crippen molar-refractivity contribution in [1.29, 1.82) is 0 Å². The SMILES string of the molecule is CCCC[Si](C)(CCCC)OC(=O)CC=C(C)C(=O)O. The minimum Gasteiger partial charge on any atom is -0.519 e. The van der Waals surface area contributed by atoms with Gasteiger partial charge in [0.15, 0.2) is 0 Å². The highest BCUT2D eigenvalue weighted by atomic mass is 28.4. The van der Waals surface area contributed by atoms with Crippen molar-refractivity contribution in [3.63, 3.8) is 0 Å². The molecule has 1 N–H and O–H groups in total. The van der Waals surface area contributed by atoms with Crippen LogP contribution in [-0.4, -0.2) is 25.4 Å². The molecule has 0 aromatic carbocycles. The first-order chi connectivity index (χ1) is 9.34. The van der Waals surface area contributed by atoms with Gasteiger partial charge in [0.2, 0.25) is 0 Å². The molecule has 5 heteroatoms. The van der Waals surface area contributed by atoms with Gasteiger partial charge >= 0.3 is 5.97 Å². The van der Waals surface area contributed by atoms with Crippen LogP contribution in [0.25, 0.3) is 0 Å². The van der Waals surface area contributed by atoms with Crippen molar-refractivity contribution in [3.8, 4) is 0 Å². The largest absolute Gasteiger partial charge is 0.519 e. The zero-order valence-electron chi connectivity index (χ0n) is 13.2. The molecule has 0 saturated heterocycles. The molecular formula is C15H28O4Si. The van der Waals surface area contributed by atoms with Crippen LogP contribution < -0.4 is 0 Å². The molecule has 0 atom stereocenters. The van der Waals surface area contributed by atoms with Crippen molar-refractivity contribution in [3.05, 3.63) is 11.6 Å². The molecule has 0 fully saturated rings. The van der Waals surface area contributed by atoms with Crippen LogP contribution in [0.3, 0.4) is 0 Å². The van der Waals surface area contributed by atoms with Crippen LogP contribution in [0.5, 0.6) is 0 Å². The molecule has 116 valence electrons. The molecule has 0 radical (unpaired) electrons. The average molecular weight is 300 g/mol. The summed E-state index contributed by atoms with van der Waals surface area (Å²) in [5.41, 5.74) is 0.187. The van der Waals surface area contributed by atoms with Crippen molar-refractivity contribution in [2.75, 3.05) is 0 Å². The monoisotopic (exact) mass is 300 g/mol. The maximum absolute atomic E-state index is 11.9. The van der Waals surface area contributed by atoms with Gasteiger partial charge in [-0.3, -0.25) is 4.79 Å². The minimum absolute atomic E-state index is 0.0545. The van der Waals surface area contributed by atoms with Gasteiger partial charge in [-0.2, -0.15) is 0 Å². The molecule has 4 nitrogen and oxygen atoms in total. The quantitative estimate of drug-likeness (QED) is 0.487. The molecule has 20 heavy (non-hydrogen) atoms. The van der Waals surface area contributed by atoms with E-state index < -0.39 is 14.3 Å². The maximum atomic E-state index is 11.9. The van der Waals surface area contributed by atoms with Gasteiger partial charge in [-0.15, -0.1) is 0 Å². The summed E-state index contributed by atoms with van der Waals surface area (Å²) in [6, 6.07) is 1.99. The second-order valence-electron chi connectivity index (χ2n) is 5.53. The van der Waals surface area contributed by atoms with Crippen LogP contribution in [0.1, 0.15) is 52.9 Å². The van der Waals surface area contributed by atoms with Crippen molar-refractivity contribution in [1.82, 2.24) is 0 Å². The summed E-state index contributed by atoms with van der Waals surface area (Å²) in [7, 11) is -1.98. The van der Waals surface area contributed by atoms with Gasteiger partial charge in [-0.05, 0) is 25.6 Å². The lowest BCUT2D eigenvalue weighted by Crippen LogP contribution is -2.36. The Hall–Kier alpha value is -1.10. The Labute approximate surface area is 123 Å². The van der Waals surface area contributed by atoms with Gasteiger partial charge in [-0.1, -0.05) is 45.6 Å². The molecule has 0 rings (SSSR count). The minimum atomic E-state index is -1.98. The average Bonchev–Trinajstić information content (AvgIpc) is 2.40. The normalized spacial score (nSPS) is 12.3. The summed E-state index contributed by atoms with van der Waals surface area (Å²) in [6.07, 6.45) is 5.86. The van der Waals surface area contributed by atoms with Crippen LogP contribution in [0, 0.1) is 0 Å².